The van der Waals surface area contributed by atoms with Gasteiger partial charge in [-0.05, 0) is 30.0 Å². The first-order valence-electron chi connectivity index (χ1n) is 7.84. The van der Waals surface area contributed by atoms with E-state index in [0.29, 0.717) is 19.1 Å². The summed E-state index contributed by atoms with van der Waals surface area (Å²) in [5, 5.41) is 6.49. The van der Waals surface area contributed by atoms with Crippen molar-refractivity contribution < 1.29 is 4.74 Å². The van der Waals surface area contributed by atoms with Crippen LogP contribution < -0.4 is 10.6 Å². The Balaban J connectivity index is 2.10. The number of hydrogen-bond acceptors (Lipinski definition) is 5. The number of anilines is 3. The maximum atomic E-state index is 5.02. The van der Waals surface area contributed by atoms with E-state index in [2.05, 4.69) is 65.6 Å². The standard InChI is InChI=1S/C18H26N4O/c1-13-12-16(22-17(20-13)19-10-11-23-5)21-15-8-6-14(7-9-15)18(2,3)4/h6-9,12H,10-11H2,1-5H3,(H2,19,20,21,22). The zero-order valence-electron chi connectivity index (χ0n) is 14.6. The molecule has 2 rings (SSSR count). The molecule has 0 saturated heterocycles. The Hall–Kier alpha value is -2.14. The summed E-state index contributed by atoms with van der Waals surface area (Å²) in [6, 6.07) is 10.4. The number of rotatable bonds is 6. The fraction of sp³-hybridized carbons (Fsp3) is 0.444. The van der Waals surface area contributed by atoms with Gasteiger partial charge >= 0.3 is 0 Å². The van der Waals surface area contributed by atoms with Gasteiger partial charge in [-0.1, -0.05) is 32.9 Å². The molecule has 0 saturated carbocycles. The first kappa shape index (κ1) is 17.2. The van der Waals surface area contributed by atoms with Gasteiger partial charge in [0.25, 0.3) is 0 Å². The van der Waals surface area contributed by atoms with E-state index < -0.39 is 0 Å². The normalized spacial score (nSPS) is 11.3. The Morgan fingerprint density at radius 3 is 2.39 bits per heavy atom. The Kier molecular flexibility index (Phi) is 5.55. The van der Waals surface area contributed by atoms with E-state index in [-0.39, 0.29) is 5.41 Å². The van der Waals surface area contributed by atoms with Crippen LogP contribution >= 0.6 is 0 Å². The van der Waals surface area contributed by atoms with Crippen LogP contribution in [0.3, 0.4) is 0 Å². The zero-order chi connectivity index (χ0) is 16.9. The third-order valence-electron chi connectivity index (χ3n) is 3.47. The van der Waals surface area contributed by atoms with Crippen molar-refractivity contribution in [3.8, 4) is 0 Å². The predicted molar refractivity (Wildman–Crippen MR) is 95.6 cm³/mol. The third-order valence-corrected chi connectivity index (χ3v) is 3.47. The van der Waals surface area contributed by atoms with Gasteiger partial charge in [-0.15, -0.1) is 0 Å². The molecule has 124 valence electrons. The Morgan fingerprint density at radius 2 is 1.78 bits per heavy atom. The van der Waals surface area contributed by atoms with Crippen LogP contribution in [0.5, 0.6) is 0 Å². The first-order chi connectivity index (χ1) is 10.9. The number of benzene rings is 1. The summed E-state index contributed by atoms with van der Waals surface area (Å²) >= 11 is 0. The second-order valence-corrected chi connectivity index (χ2v) is 6.59. The zero-order valence-corrected chi connectivity index (χ0v) is 14.6. The molecular formula is C18H26N4O. The van der Waals surface area contributed by atoms with Crippen LogP contribution in [0.15, 0.2) is 30.3 Å². The monoisotopic (exact) mass is 314 g/mol. The molecule has 0 atom stereocenters. The maximum absolute atomic E-state index is 5.02. The van der Waals surface area contributed by atoms with E-state index in [4.69, 9.17) is 4.74 Å². The summed E-state index contributed by atoms with van der Waals surface area (Å²) in [7, 11) is 1.67. The van der Waals surface area contributed by atoms with Crippen molar-refractivity contribution in [1.82, 2.24) is 9.97 Å². The molecular weight excluding hydrogens is 288 g/mol. The van der Waals surface area contributed by atoms with Gasteiger partial charge < -0.3 is 15.4 Å². The van der Waals surface area contributed by atoms with Gasteiger partial charge in [-0.2, -0.15) is 4.98 Å². The molecule has 2 aromatic rings. The largest absolute Gasteiger partial charge is 0.383 e. The van der Waals surface area contributed by atoms with Crippen molar-refractivity contribution in [2.45, 2.75) is 33.1 Å². The number of hydrogen-bond donors (Lipinski definition) is 2. The van der Waals surface area contributed by atoms with Crippen molar-refractivity contribution >= 4 is 17.5 Å². The van der Waals surface area contributed by atoms with Gasteiger partial charge in [0.1, 0.15) is 5.82 Å². The smallest absolute Gasteiger partial charge is 0.224 e. The van der Waals surface area contributed by atoms with Crippen molar-refractivity contribution in [3.05, 3.63) is 41.6 Å². The minimum Gasteiger partial charge on any atom is -0.383 e. The Morgan fingerprint density at radius 1 is 1.09 bits per heavy atom. The lowest BCUT2D eigenvalue weighted by Gasteiger charge is -2.19. The van der Waals surface area contributed by atoms with Gasteiger partial charge in [0.05, 0.1) is 6.61 Å². The second kappa shape index (κ2) is 7.42. The SMILES string of the molecule is COCCNc1nc(C)cc(Nc2ccc(C(C)(C)C)cc2)n1. The molecule has 1 heterocycles. The molecule has 0 spiro atoms. The highest BCUT2D eigenvalue weighted by Gasteiger charge is 2.13. The molecule has 0 aliphatic rings. The van der Waals surface area contributed by atoms with Gasteiger partial charge in [-0.25, -0.2) is 4.98 Å². The van der Waals surface area contributed by atoms with Gasteiger partial charge in [0, 0.05) is 31.1 Å². The molecule has 0 aliphatic heterocycles. The summed E-state index contributed by atoms with van der Waals surface area (Å²) in [5.41, 5.74) is 3.39. The molecule has 0 amide bonds. The highest BCUT2D eigenvalue weighted by atomic mass is 16.5. The van der Waals surface area contributed by atoms with Gasteiger partial charge in [0.15, 0.2) is 0 Å². The molecule has 0 fully saturated rings. The maximum Gasteiger partial charge on any atom is 0.224 e. The number of aryl methyl sites for hydroxylation is 1. The highest BCUT2D eigenvalue weighted by Crippen LogP contribution is 2.24. The van der Waals surface area contributed by atoms with Crippen LogP contribution in [0, 0.1) is 6.92 Å². The lowest BCUT2D eigenvalue weighted by molar-refractivity contribution is 0.210. The number of aromatic nitrogens is 2. The molecule has 5 nitrogen and oxygen atoms in total. The number of methoxy groups -OCH3 is 1. The van der Waals surface area contributed by atoms with E-state index in [1.807, 2.05) is 13.0 Å². The number of ether oxygens (including phenoxy) is 1. The molecule has 0 radical (unpaired) electrons. The molecule has 2 N–H and O–H groups in total. The molecule has 0 aliphatic carbocycles. The van der Waals surface area contributed by atoms with Crippen molar-refractivity contribution in [2.75, 3.05) is 30.9 Å². The molecule has 0 unspecified atom stereocenters. The van der Waals surface area contributed by atoms with Crippen molar-refractivity contribution in [3.63, 3.8) is 0 Å². The van der Waals surface area contributed by atoms with Crippen molar-refractivity contribution in [2.24, 2.45) is 0 Å². The first-order valence-corrected chi connectivity index (χ1v) is 7.84. The molecule has 1 aromatic heterocycles. The molecule has 1 aromatic carbocycles. The third kappa shape index (κ3) is 5.21. The fourth-order valence-corrected chi connectivity index (χ4v) is 2.18. The summed E-state index contributed by atoms with van der Waals surface area (Å²) in [6.45, 7) is 9.88. The van der Waals surface area contributed by atoms with Crippen LogP contribution in [-0.4, -0.2) is 30.2 Å². The van der Waals surface area contributed by atoms with Crippen molar-refractivity contribution in [1.29, 1.82) is 0 Å². The summed E-state index contributed by atoms with van der Waals surface area (Å²) in [4.78, 5) is 8.86. The van der Waals surface area contributed by atoms with Crippen LogP contribution in [0.4, 0.5) is 17.5 Å². The lowest BCUT2D eigenvalue weighted by atomic mass is 9.87. The van der Waals surface area contributed by atoms with E-state index in [1.54, 1.807) is 7.11 Å². The lowest BCUT2D eigenvalue weighted by Crippen LogP contribution is -2.12. The highest BCUT2D eigenvalue weighted by molar-refractivity contribution is 5.58. The van der Waals surface area contributed by atoms with Gasteiger partial charge in [0.2, 0.25) is 5.95 Å². The van der Waals surface area contributed by atoms with E-state index >= 15 is 0 Å². The Labute approximate surface area is 138 Å². The molecule has 5 heteroatoms. The van der Waals surface area contributed by atoms with Crippen LogP contribution in [-0.2, 0) is 10.2 Å². The quantitative estimate of drug-likeness (QED) is 0.792. The van der Waals surface area contributed by atoms with Crippen LogP contribution in [0.1, 0.15) is 32.0 Å². The van der Waals surface area contributed by atoms with Gasteiger partial charge in [-0.3, -0.25) is 0 Å². The second-order valence-electron chi connectivity index (χ2n) is 6.59. The summed E-state index contributed by atoms with van der Waals surface area (Å²) < 4.78 is 5.02. The molecule has 0 bridgehead atoms. The minimum absolute atomic E-state index is 0.155. The topological polar surface area (TPSA) is 59.1 Å². The van der Waals surface area contributed by atoms with Crippen LogP contribution in [0.25, 0.3) is 0 Å². The molecule has 23 heavy (non-hydrogen) atoms. The summed E-state index contributed by atoms with van der Waals surface area (Å²) in [6.07, 6.45) is 0. The average Bonchev–Trinajstić information content (AvgIpc) is 2.46. The fourth-order valence-electron chi connectivity index (χ4n) is 2.18. The van der Waals surface area contributed by atoms with E-state index in [0.717, 1.165) is 17.2 Å². The predicted octanol–water partition coefficient (Wildman–Crippen LogP) is 3.88. The summed E-state index contributed by atoms with van der Waals surface area (Å²) in [5.74, 6) is 1.39. The van der Waals surface area contributed by atoms with E-state index in [1.165, 1.54) is 5.56 Å². The average molecular weight is 314 g/mol. The minimum atomic E-state index is 0.155. The van der Waals surface area contributed by atoms with Crippen LogP contribution in [0.2, 0.25) is 0 Å². The Bertz CT molecular complexity index is 632. The number of nitrogens with zero attached hydrogens (tertiary/aromatic N) is 2. The number of nitrogens with one attached hydrogen (secondary N) is 2. The van der Waals surface area contributed by atoms with E-state index in [9.17, 15) is 0 Å².